The van der Waals surface area contributed by atoms with E-state index in [1.165, 1.54) is 0 Å². The number of amides is 1. The van der Waals surface area contributed by atoms with E-state index in [1.54, 1.807) is 26.4 Å². The summed E-state index contributed by atoms with van der Waals surface area (Å²) in [5.41, 5.74) is 0.868. The van der Waals surface area contributed by atoms with Crippen LogP contribution in [0.1, 0.15) is 12.5 Å². The Morgan fingerprint density at radius 2 is 2.00 bits per heavy atom. The largest absolute Gasteiger partial charge is 0.493 e. The fourth-order valence-corrected chi connectivity index (χ4v) is 1.62. The number of nitrogens with one attached hydrogen (secondary N) is 1. The van der Waals surface area contributed by atoms with Gasteiger partial charge in [-0.2, -0.15) is 0 Å². The summed E-state index contributed by atoms with van der Waals surface area (Å²) in [6.45, 7) is 1.86. The first-order valence-electron chi connectivity index (χ1n) is 5.67. The minimum Gasteiger partial charge on any atom is -0.493 e. The van der Waals surface area contributed by atoms with Crippen LogP contribution in [-0.4, -0.2) is 32.0 Å². The lowest BCUT2D eigenvalue weighted by Crippen LogP contribution is -2.34. The second kappa shape index (κ2) is 7.11. The third-order valence-corrected chi connectivity index (χ3v) is 2.91. The average Bonchev–Trinajstić information content (AvgIpc) is 2.38. The van der Waals surface area contributed by atoms with Gasteiger partial charge < -0.3 is 14.8 Å². The number of hydrogen-bond acceptors (Lipinski definition) is 3. The number of benzene rings is 1. The maximum Gasteiger partial charge on any atom is 0.224 e. The van der Waals surface area contributed by atoms with Gasteiger partial charge >= 0.3 is 0 Å². The van der Waals surface area contributed by atoms with Crippen LogP contribution in [0.25, 0.3) is 0 Å². The minimum atomic E-state index is -0.0598. The van der Waals surface area contributed by atoms with Crippen molar-refractivity contribution in [2.45, 2.75) is 19.4 Å². The Hall–Kier alpha value is -1.42. The summed E-state index contributed by atoms with van der Waals surface area (Å²) in [6, 6.07) is 5.39. The molecule has 1 N–H and O–H groups in total. The highest BCUT2D eigenvalue weighted by atomic mass is 35.5. The molecule has 0 aliphatic heterocycles. The van der Waals surface area contributed by atoms with Gasteiger partial charge in [-0.25, -0.2) is 0 Å². The first kappa shape index (κ1) is 14.6. The molecule has 1 atom stereocenters. The number of alkyl halides is 1. The minimum absolute atomic E-state index is 0.0284. The molecule has 0 spiro atoms. The van der Waals surface area contributed by atoms with E-state index in [0.717, 1.165) is 5.56 Å². The molecule has 0 radical (unpaired) electrons. The second-order valence-corrected chi connectivity index (χ2v) is 4.30. The Labute approximate surface area is 112 Å². The lowest BCUT2D eigenvalue weighted by molar-refractivity contribution is -0.120. The van der Waals surface area contributed by atoms with Crippen molar-refractivity contribution >= 4 is 17.5 Å². The Morgan fingerprint density at radius 3 is 2.56 bits per heavy atom. The fraction of sp³-hybridized carbons (Fsp3) is 0.462. The number of carbonyl (C=O) groups excluding carboxylic acids is 1. The van der Waals surface area contributed by atoms with E-state index in [9.17, 15) is 4.79 Å². The Bertz CT molecular complexity index is 409. The molecule has 0 bridgehead atoms. The lowest BCUT2D eigenvalue weighted by Gasteiger charge is -2.12. The highest BCUT2D eigenvalue weighted by Gasteiger charge is 2.10. The van der Waals surface area contributed by atoms with Crippen LogP contribution in [0.15, 0.2) is 18.2 Å². The number of carbonyl (C=O) groups is 1. The predicted molar refractivity (Wildman–Crippen MR) is 71.6 cm³/mol. The Morgan fingerprint density at radius 1 is 1.33 bits per heavy atom. The van der Waals surface area contributed by atoms with Gasteiger partial charge in [0.05, 0.1) is 20.6 Å². The quantitative estimate of drug-likeness (QED) is 0.805. The zero-order valence-electron chi connectivity index (χ0n) is 10.8. The highest BCUT2D eigenvalue weighted by Crippen LogP contribution is 2.27. The lowest BCUT2D eigenvalue weighted by atomic mass is 10.1. The molecule has 0 aliphatic carbocycles. The van der Waals surface area contributed by atoms with E-state index in [0.29, 0.717) is 23.8 Å². The maximum atomic E-state index is 11.7. The van der Waals surface area contributed by atoms with E-state index < -0.39 is 0 Å². The van der Waals surface area contributed by atoms with Gasteiger partial charge in [0.15, 0.2) is 11.5 Å². The summed E-state index contributed by atoms with van der Waals surface area (Å²) >= 11 is 5.64. The molecular weight excluding hydrogens is 254 g/mol. The molecule has 1 amide bonds. The van der Waals surface area contributed by atoms with Crippen molar-refractivity contribution in [1.82, 2.24) is 5.32 Å². The SMILES string of the molecule is COc1ccc(CC(=O)NC(C)CCl)cc1OC. The van der Waals surface area contributed by atoms with Crippen LogP contribution in [0, 0.1) is 0 Å². The van der Waals surface area contributed by atoms with Crippen molar-refractivity contribution in [2.24, 2.45) is 0 Å². The fourth-order valence-electron chi connectivity index (χ4n) is 1.54. The van der Waals surface area contributed by atoms with Crippen LogP contribution >= 0.6 is 11.6 Å². The summed E-state index contributed by atoms with van der Waals surface area (Å²) in [5, 5.41) is 2.80. The summed E-state index contributed by atoms with van der Waals surface area (Å²) in [6.07, 6.45) is 0.293. The van der Waals surface area contributed by atoms with Gasteiger partial charge in [-0.15, -0.1) is 11.6 Å². The normalized spacial score (nSPS) is 11.8. The third-order valence-electron chi connectivity index (χ3n) is 2.45. The van der Waals surface area contributed by atoms with Crippen LogP contribution in [-0.2, 0) is 11.2 Å². The van der Waals surface area contributed by atoms with Crippen molar-refractivity contribution in [3.05, 3.63) is 23.8 Å². The molecule has 18 heavy (non-hydrogen) atoms. The van der Waals surface area contributed by atoms with E-state index in [1.807, 2.05) is 13.0 Å². The van der Waals surface area contributed by atoms with Gasteiger partial charge in [-0.1, -0.05) is 6.07 Å². The summed E-state index contributed by atoms with van der Waals surface area (Å²) in [4.78, 5) is 11.7. The van der Waals surface area contributed by atoms with Crippen LogP contribution < -0.4 is 14.8 Å². The van der Waals surface area contributed by atoms with Crippen LogP contribution in [0.3, 0.4) is 0 Å². The first-order chi connectivity index (χ1) is 8.60. The molecule has 1 unspecified atom stereocenters. The molecule has 0 saturated heterocycles. The van der Waals surface area contributed by atoms with Crippen molar-refractivity contribution in [3.63, 3.8) is 0 Å². The second-order valence-electron chi connectivity index (χ2n) is 3.99. The number of halogens is 1. The predicted octanol–water partition coefficient (Wildman–Crippen LogP) is 1.99. The van der Waals surface area contributed by atoms with E-state index >= 15 is 0 Å². The zero-order chi connectivity index (χ0) is 13.5. The van der Waals surface area contributed by atoms with Gasteiger partial charge in [-0.05, 0) is 24.6 Å². The van der Waals surface area contributed by atoms with E-state index in [4.69, 9.17) is 21.1 Å². The molecule has 0 aliphatic rings. The van der Waals surface area contributed by atoms with Crippen molar-refractivity contribution in [3.8, 4) is 11.5 Å². The molecule has 0 aromatic heterocycles. The molecule has 1 aromatic rings. The summed E-state index contributed by atoms with van der Waals surface area (Å²) < 4.78 is 10.3. The molecular formula is C13H18ClNO3. The number of hydrogen-bond donors (Lipinski definition) is 1. The van der Waals surface area contributed by atoms with Gasteiger partial charge in [0.25, 0.3) is 0 Å². The molecule has 0 saturated carbocycles. The topological polar surface area (TPSA) is 47.6 Å². The highest BCUT2D eigenvalue weighted by molar-refractivity contribution is 6.18. The van der Waals surface area contributed by atoms with Gasteiger partial charge in [0.2, 0.25) is 5.91 Å². The maximum absolute atomic E-state index is 11.7. The Kier molecular flexibility index (Phi) is 5.78. The van der Waals surface area contributed by atoms with Gasteiger partial charge in [0.1, 0.15) is 0 Å². The monoisotopic (exact) mass is 271 g/mol. The van der Waals surface area contributed by atoms with Gasteiger partial charge in [-0.3, -0.25) is 4.79 Å². The van der Waals surface area contributed by atoms with Crippen molar-refractivity contribution in [2.75, 3.05) is 20.1 Å². The van der Waals surface area contributed by atoms with E-state index in [-0.39, 0.29) is 11.9 Å². The van der Waals surface area contributed by atoms with Crippen LogP contribution in [0.5, 0.6) is 11.5 Å². The third kappa shape index (κ3) is 4.11. The Balaban J connectivity index is 2.70. The van der Waals surface area contributed by atoms with Gasteiger partial charge in [0, 0.05) is 11.9 Å². The molecule has 0 fully saturated rings. The van der Waals surface area contributed by atoms with E-state index in [2.05, 4.69) is 5.32 Å². The number of rotatable bonds is 6. The van der Waals surface area contributed by atoms with Crippen molar-refractivity contribution < 1.29 is 14.3 Å². The summed E-state index contributed by atoms with van der Waals surface area (Å²) in [5.74, 6) is 1.61. The smallest absolute Gasteiger partial charge is 0.224 e. The molecule has 1 aromatic carbocycles. The van der Waals surface area contributed by atoms with Crippen LogP contribution in [0.2, 0.25) is 0 Å². The number of methoxy groups -OCH3 is 2. The molecule has 100 valence electrons. The first-order valence-corrected chi connectivity index (χ1v) is 6.20. The number of ether oxygens (including phenoxy) is 2. The molecule has 4 nitrogen and oxygen atoms in total. The van der Waals surface area contributed by atoms with Crippen molar-refractivity contribution in [1.29, 1.82) is 0 Å². The molecule has 0 heterocycles. The molecule has 5 heteroatoms. The van der Waals surface area contributed by atoms with Crippen LogP contribution in [0.4, 0.5) is 0 Å². The average molecular weight is 272 g/mol. The standard InChI is InChI=1S/C13H18ClNO3/c1-9(8-14)15-13(16)7-10-4-5-11(17-2)12(6-10)18-3/h4-6,9H,7-8H2,1-3H3,(H,15,16). The molecule has 1 rings (SSSR count). The zero-order valence-corrected chi connectivity index (χ0v) is 11.6. The summed E-state index contributed by atoms with van der Waals surface area (Å²) in [7, 11) is 3.14.